The lowest BCUT2D eigenvalue weighted by Crippen LogP contribution is -2.10. The summed E-state index contributed by atoms with van der Waals surface area (Å²) in [4.78, 5) is 1.93. The second-order valence-corrected chi connectivity index (χ2v) is 15.4. The zero-order chi connectivity index (χ0) is 43.1. The Bertz CT molecular complexity index is 3810. The molecule has 0 amide bonds. The van der Waals surface area contributed by atoms with E-state index >= 15 is 0 Å². The van der Waals surface area contributed by atoms with Crippen LogP contribution in [0.3, 0.4) is 0 Å². The summed E-state index contributed by atoms with van der Waals surface area (Å²) in [7, 11) is 0. The van der Waals surface area contributed by atoms with Crippen LogP contribution in [0.4, 0.5) is 17.1 Å². The monoisotopic (exact) mass is 766 g/mol. The molecule has 2 heteroatoms. The van der Waals surface area contributed by atoms with Crippen molar-refractivity contribution in [2.24, 2.45) is 0 Å². The minimum absolute atomic E-state index is 0.100. The second-order valence-electron chi connectivity index (χ2n) is 15.4. The van der Waals surface area contributed by atoms with E-state index in [2.05, 4.69) is 126 Å². The van der Waals surface area contributed by atoms with Gasteiger partial charge in [0.15, 0.2) is 0 Å². The highest BCUT2D eigenvalue weighted by atomic mass is 15.1. The summed E-state index contributed by atoms with van der Waals surface area (Å²) >= 11 is 0. The van der Waals surface area contributed by atoms with Crippen molar-refractivity contribution in [2.75, 3.05) is 4.90 Å². The van der Waals surface area contributed by atoms with Gasteiger partial charge in [0.2, 0.25) is 0 Å². The van der Waals surface area contributed by atoms with Crippen molar-refractivity contribution in [1.29, 1.82) is 0 Å². The van der Waals surface area contributed by atoms with Gasteiger partial charge in [-0.2, -0.15) is 0 Å². The average Bonchev–Trinajstić information content (AvgIpc) is 3.68. The minimum atomic E-state index is -0.121. The Morgan fingerprint density at radius 3 is 1.58 bits per heavy atom. The maximum atomic E-state index is 9.84. The van der Waals surface area contributed by atoms with Crippen molar-refractivity contribution in [2.45, 2.75) is 0 Å². The molecule has 12 aromatic rings. The highest BCUT2D eigenvalue weighted by molar-refractivity contribution is 6.16. The number of hydrogen-bond acceptors (Lipinski definition) is 1. The van der Waals surface area contributed by atoms with Gasteiger partial charge in [0.25, 0.3) is 0 Å². The average molecular weight is 767 g/mol. The van der Waals surface area contributed by atoms with Gasteiger partial charge in [-0.1, -0.05) is 164 Å². The van der Waals surface area contributed by atoms with Crippen molar-refractivity contribution in [3.05, 3.63) is 230 Å². The van der Waals surface area contributed by atoms with Crippen molar-refractivity contribution < 1.29 is 5.48 Å². The van der Waals surface area contributed by atoms with Gasteiger partial charge in [-0.3, -0.25) is 0 Å². The SMILES string of the molecule is [2H]c1c([2H])c(N(c2ccc(-c3cc4ccccc4c4ccccc34)cc2)c2cc3ccccc3c3ccccc23)c([2H])c([2H])c1-c1ccc2c(c1)c1ccccc1n2-c1ccccc1. The third-order valence-corrected chi connectivity index (χ3v) is 12.0. The number of anilines is 3. The Morgan fingerprint density at radius 2 is 0.867 bits per heavy atom. The molecule has 0 aliphatic heterocycles. The summed E-state index contributed by atoms with van der Waals surface area (Å²) in [6, 6.07) is 70.2. The molecule has 60 heavy (non-hydrogen) atoms. The summed E-state index contributed by atoms with van der Waals surface area (Å²) in [6.07, 6.45) is 0. The zero-order valence-electron chi connectivity index (χ0n) is 36.5. The maximum Gasteiger partial charge on any atom is 0.0645 e. The van der Waals surface area contributed by atoms with Gasteiger partial charge in [-0.25, -0.2) is 0 Å². The van der Waals surface area contributed by atoms with Crippen LogP contribution in [-0.2, 0) is 0 Å². The van der Waals surface area contributed by atoms with E-state index in [1.807, 2.05) is 89.8 Å². The summed E-state index contributed by atoms with van der Waals surface area (Å²) in [5.41, 5.74) is 7.79. The van der Waals surface area contributed by atoms with E-state index in [1.165, 1.54) is 10.8 Å². The molecule has 2 nitrogen and oxygen atoms in total. The fourth-order valence-corrected chi connectivity index (χ4v) is 9.24. The number of rotatable bonds is 6. The molecule has 0 aliphatic rings. The van der Waals surface area contributed by atoms with E-state index in [4.69, 9.17) is 0 Å². The number of nitrogens with zero attached hydrogens (tertiary/aromatic N) is 2. The van der Waals surface area contributed by atoms with Crippen LogP contribution in [0.25, 0.3) is 92.8 Å². The largest absolute Gasteiger partial charge is 0.310 e. The van der Waals surface area contributed by atoms with Crippen LogP contribution < -0.4 is 4.90 Å². The standard InChI is InChI=1S/C58H38N2/c1-2-16-44(17-3-1)60-56-25-13-12-24-53(56)55-36-41(30-35-57(55)60)39-26-31-45(32-27-39)59(58-38-43-15-5-7-19-48(43)50-21-10-11-23-52(50)58)46-33-28-40(29-34-46)54-37-42-14-4-6-18-47(42)49-20-8-9-22-51(49)54/h1-38H/i26D,27D,31D,32D. The first-order valence-corrected chi connectivity index (χ1v) is 20.4. The third-order valence-electron chi connectivity index (χ3n) is 12.0. The number of hydrogen-bond donors (Lipinski definition) is 0. The molecule has 12 rings (SSSR count). The van der Waals surface area contributed by atoms with E-state index in [0.717, 1.165) is 82.3 Å². The molecule has 0 unspecified atom stereocenters. The lowest BCUT2D eigenvalue weighted by atomic mass is 9.93. The van der Waals surface area contributed by atoms with Gasteiger partial charge in [0, 0.05) is 33.2 Å². The Hall–Kier alpha value is -7.94. The Kier molecular flexibility index (Phi) is 6.98. The lowest BCUT2D eigenvalue weighted by molar-refractivity contribution is 1.18. The summed E-state index contributed by atoms with van der Waals surface area (Å²) in [5, 5.41) is 10.8. The second kappa shape index (κ2) is 13.9. The van der Waals surface area contributed by atoms with Gasteiger partial charge >= 0.3 is 0 Å². The van der Waals surface area contributed by atoms with E-state index in [0.29, 0.717) is 5.56 Å². The number of benzene rings is 11. The number of aromatic nitrogens is 1. The van der Waals surface area contributed by atoms with Crippen LogP contribution in [0.1, 0.15) is 5.48 Å². The highest BCUT2D eigenvalue weighted by Gasteiger charge is 2.19. The Balaban J connectivity index is 1.07. The van der Waals surface area contributed by atoms with Gasteiger partial charge in [0.05, 0.1) is 22.2 Å². The van der Waals surface area contributed by atoms with Gasteiger partial charge in [-0.15, -0.1) is 0 Å². The number of fused-ring (bicyclic) bond motifs is 9. The van der Waals surface area contributed by atoms with Crippen molar-refractivity contribution in [3.8, 4) is 27.9 Å². The first-order chi connectivity index (χ1) is 31.4. The predicted octanol–water partition coefficient (Wildman–Crippen LogP) is 16.2. The van der Waals surface area contributed by atoms with Crippen LogP contribution in [-0.4, -0.2) is 4.57 Å². The Labute approximate surface area is 354 Å². The summed E-state index contributed by atoms with van der Waals surface area (Å²) in [6.45, 7) is 0. The smallest absolute Gasteiger partial charge is 0.0645 e. The molecule has 0 aliphatic carbocycles. The lowest BCUT2D eigenvalue weighted by Gasteiger charge is -2.28. The van der Waals surface area contributed by atoms with Crippen LogP contribution in [0.2, 0.25) is 0 Å². The fourth-order valence-electron chi connectivity index (χ4n) is 9.24. The molecular formula is C58H38N2. The normalized spacial score (nSPS) is 12.6. The molecule has 0 saturated heterocycles. The van der Waals surface area contributed by atoms with Crippen molar-refractivity contribution in [3.63, 3.8) is 0 Å². The molecule has 0 atom stereocenters. The first kappa shape index (κ1) is 30.2. The fraction of sp³-hybridized carbons (Fsp3) is 0. The molecular weight excluding hydrogens is 725 g/mol. The van der Waals surface area contributed by atoms with Gasteiger partial charge in [-0.05, 0) is 127 Å². The minimum Gasteiger partial charge on any atom is -0.310 e. The first-order valence-electron chi connectivity index (χ1n) is 22.4. The Morgan fingerprint density at radius 1 is 0.333 bits per heavy atom. The highest BCUT2D eigenvalue weighted by Crippen LogP contribution is 2.44. The van der Waals surface area contributed by atoms with E-state index in [9.17, 15) is 5.48 Å². The molecule has 0 spiro atoms. The van der Waals surface area contributed by atoms with Crippen molar-refractivity contribution >= 4 is 82.0 Å². The van der Waals surface area contributed by atoms with Crippen molar-refractivity contribution in [1.82, 2.24) is 4.57 Å². The van der Waals surface area contributed by atoms with Gasteiger partial charge < -0.3 is 9.47 Å². The van der Waals surface area contributed by atoms with Gasteiger partial charge in [0.1, 0.15) is 0 Å². The zero-order valence-corrected chi connectivity index (χ0v) is 32.5. The molecule has 0 radical (unpaired) electrons. The summed E-state index contributed by atoms with van der Waals surface area (Å²) < 4.78 is 41.3. The predicted molar refractivity (Wildman–Crippen MR) is 256 cm³/mol. The van der Waals surface area contributed by atoms with Crippen LogP contribution >= 0.6 is 0 Å². The van der Waals surface area contributed by atoms with Crippen LogP contribution in [0, 0.1) is 0 Å². The molecule has 0 bridgehead atoms. The van der Waals surface area contributed by atoms with E-state index in [-0.39, 0.29) is 35.4 Å². The van der Waals surface area contributed by atoms with Crippen LogP contribution in [0.5, 0.6) is 0 Å². The van der Waals surface area contributed by atoms with E-state index in [1.54, 1.807) is 0 Å². The number of para-hydroxylation sites is 2. The quantitative estimate of drug-likeness (QED) is 0.153. The molecule has 0 fully saturated rings. The molecule has 0 N–H and O–H groups in total. The maximum absolute atomic E-state index is 9.84. The summed E-state index contributed by atoms with van der Waals surface area (Å²) in [5.74, 6) is 0. The molecule has 1 aromatic heterocycles. The molecule has 1 heterocycles. The van der Waals surface area contributed by atoms with Crippen LogP contribution in [0.15, 0.2) is 230 Å². The molecule has 280 valence electrons. The molecule has 0 saturated carbocycles. The topological polar surface area (TPSA) is 8.17 Å². The third kappa shape index (κ3) is 5.50. The molecule has 11 aromatic carbocycles. The van der Waals surface area contributed by atoms with E-state index < -0.39 is 0 Å².